The largest absolute Gasteiger partial charge is 0.478 e. The van der Waals surface area contributed by atoms with E-state index in [-0.39, 0.29) is 0 Å². The van der Waals surface area contributed by atoms with Crippen LogP contribution in [-0.2, 0) is 4.79 Å². The Balaban J connectivity index is 2.17. The van der Waals surface area contributed by atoms with Crippen LogP contribution >= 0.6 is 22.9 Å². The molecule has 1 heterocycles. The van der Waals surface area contributed by atoms with Crippen molar-refractivity contribution in [3.05, 3.63) is 76.1 Å². The van der Waals surface area contributed by atoms with Crippen LogP contribution in [0.2, 0.25) is 5.02 Å². The molecule has 3 aromatic rings. The SMILES string of the molecule is O=C(O)/C=C(\c1ccccc1)c1cc2cc(Cl)ccc2s1. The first kappa shape index (κ1) is 13.9. The van der Waals surface area contributed by atoms with Gasteiger partial charge in [0.15, 0.2) is 0 Å². The molecule has 104 valence electrons. The van der Waals surface area contributed by atoms with Crippen LogP contribution in [0.5, 0.6) is 0 Å². The number of hydrogen-bond donors (Lipinski definition) is 1. The van der Waals surface area contributed by atoms with Crippen LogP contribution in [0, 0.1) is 0 Å². The number of thiophene rings is 1. The highest BCUT2D eigenvalue weighted by atomic mass is 35.5. The Morgan fingerprint density at radius 3 is 2.57 bits per heavy atom. The van der Waals surface area contributed by atoms with Crippen molar-refractivity contribution in [3.8, 4) is 0 Å². The van der Waals surface area contributed by atoms with Gasteiger partial charge in [0.2, 0.25) is 0 Å². The lowest BCUT2D eigenvalue weighted by atomic mass is 10.0. The standard InChI is InChI=1S/C17H11ClO2S/c18-13-6-7-15-12(8-13)9-16(21-15)14(10-17(19)20)11-4-2-1-3-5-11/h1-10H,(H,19,20)/b14-10+. The van der Waals surface area contributed by atoms with Gasteiger partial charge in [-0.15, -0.1) is 11.3 Å². The molecular weight excluding hydrogens is 304 g/mol. The van der Waals surface area contributed by atoms with E-state index in [1.54, 1.807) is 11.3 Å². The minimum atomic E-state index is -0.954. The molecule has 0 bridgehead atoms. The van der Waals surface area contributed by atoms with Gasteiger partial charge in [-0.05, 0) is 35.2 Å². The molecule has 0 radical (unpaired) electrons. The molecule has 0 aliphatic rings. The molecular formula is C17H11ClO2S. The van der Waals surface area contributed by atoms with Crippen LogP contribution in [0.3, 0.4) is 0 Å². The summed E-state index contributed by atoms with van der Waals surface area (Å²) in [5, 5.41) is 10.8. The molecule has 0 amide bonds. The lowest BCUT2D eigenvalue weighted by Gasteiger charge is -2.04. The number of aliphatic carboxylic acids is 1. The fourth-order valence-electron chi connectivity index (χ4n) is 2.18. The van der Waals surface area contributed by atoms with Crippen LogP contribution in [-0.4, -0.2) is 11.1 Å². The van der Waals surface area contributed by atoms with Gasteiger partial charge in [-0.2, -0.15) is 0 Å². The highest BCUT2D eigenvalue weighted by molar-refractivity contribution is 7.20. The highest BCUT2D eigenvalue weighted by Crippen LogP contribution is 2.35. The van der Waals surface area contributed by atoms with Gasteiger partial charge in [-0.1, -0.05) is 41.9 Å². The Labute approximate surface area is 130 Å². The first-order valence-corrected chi connectivity index (χ1v) is 7.52. The summed E-state index contributed by atoms with van der Waals surface area (Å²) in [6.07, 6.45) is 1.25. The van der Waals surface area contributed by atoms with E-state index in [0.717, 1.165) is 20.5 Å². The van der Waals surface area contributed by atoms with Crippen LogP contribution < -0.4 is 0 Å². The van der Waals surface area contributed by atoms with E-state index < -0.39 is 5.97 Å². The van der Waals surface area contributed by atoms with E-state index in [1.807, 2.05) is 54.6 Å². The Morgan fingerprint density at radius 2 is 1.86 bits per heavy atom. The number of fused-ring (bicyclic) bond motifs is 1. The number of hydrogen-bond acceptors (Lipinski definition) is 2. The van der Waals surface area contributed by atoms with Crippen LogP contribution in [0.15, 0.2) is 60.7 Å². The molecule has 0 aliphatic heterocycles. The second kappa shape index (κ2) is 5.72. The van der Waals surface area contributed by atoms with Crippen molar-refractivity contribution in [1.82, 2.24) is 0 Å². The molecule has 1 aromatic heterocycles. The third kappa shape index (κ3) is 2.99. The molecule has 0 unspecified atom stereocenters. The van der Waals surface area contributed by atoms with Crippen molar-refractivity contribution in [2.75, 3.05) is 0 Å². The number of carboxylic acid groups (broad SMARTS) is 1. The van der Waals surface area contributed by atoms with Crippen molar-refractivity contribution in [2.24, 2.45) is 0 Å². The van der Waals surface area contributed by atoms with Crippen LogP contribution in [0.25, 0.3) is 15.7 Å². The molecule has 1 N–H and O–H groups in total. The minimum absolute atomic E-state index is 0.676. The smallest absolute Gasteiger partial charge is 0.328 e. The van der Waals surface area contributed by atoms with Crippen molar-refractivity contribution in [1.29, 1.82) is 0 Å². The average molecular weight is 315 g/mol. The molecule has 0 saturated heterocycles. The van der Waals surface area contributed by atoms with Gasteiger partial charge in [0.05, 0.1) is 0 Å². The average Bonchev–Trinajstić information content (AvgIpc) is 2.88. The monoisotopic (exact) mass is 314 g/mol. The number of halogens is 1. The third-order valence-corrected chi connectivity index (χ3v) is 4.48. The number of rotatable bonds is 3. The maximum absolute atomic E-state index is 11.1. The molecule has 0 spiro atoms. The predicted octanol–water partition coefficient (Wildman–Crippen LogP) is 5.07. The van der Waals surface area contributed by atoms with E-state index >= 15 is 0 Å². The molecule has 2 aromatic carbocycles. The zero-order valence-electron chi connectivity index (χ0n) is 10.9. The van der Waals surface area contributed by atoms with Crippen molar-refractivity contribution in [2.45, 2.75) is 0 Å². The van der Waals surface area contributed by atoms with Crippen LogP contribution in [0.1, 0.15) is 10.4 Å². The molecule has 3 rings (SSSR count). The number of benzene rings is 2. The zero-order valence-corrected chi connectivity index (χ0v) is 12.5. The van der Waals surface area contributed by atoms with E-state index in [1.165, 1.54) is 6.08 Å². The lowest BCUT2D eigenvalue weighted by molar-refractivity contribution is -0.131. The topological polar surface area (TPSA) is 37.3 Å². The van der Waals surface area contributed by atoms with E-state index in [4.69, 9.17) is 16.7 Å². The Bertz CT molecular complexity index is 834. The summed E-state index contributed by atoms with van der Waals surface area (Å²) in [4.78, 5) is 12.1. The summed E-state index contributed by atoms with van der Waals surface area (Å²) in [5.41, 5.74) is 1.60. The van der Waals surface area contributed by atoms with Crippen molar-refractivity contribution < 1.29 is 9.90 Å². The van der Waals surface area contributed by atoms with E-state index in [0.29, 0.717) is 10.6 Å². The Hall–Kier alpha value is -2.10. The summed E-state index contributed by atoms with van der Waals surface area (Å²) in [7, 11) is 0. The first-order valence-electron chi connectivity index (χ1n) is 6.33. The lowest BCUT2D eigenvalue weighted by Crippen LogP contribution is -1.92. The zero-order chi connectivity index (χ0) is 14.8. The quantitative estimate of drug-likeness (QED) is 0.685. The molecule has 2 nitrogen and oxygen atoms in total. The summed E-state index contributed by atoms with van der Waals surface area (Å²) in [5.74, 6) is -0.954. The molecule has 0 saturated carbocycles. The summed E-state index contributed by atoms with van der Waals surface area (Å²) in [6.45, 7) is 0. The molecule has 4 heteroatoms. The maximum atomic E-state index is 11.1. The summed E-state index contributed by atoms with van der Waals surface area (Å²) in [6, 6.07) is 17.2. The number of carbonyl (C=O) groups is 1. The first-order chi connectivity index (χ1) is 10.1. The molecule has 0 aliphatic carbocycles. The summed E-state index contributed by atoms with van der Waals surface area (Å²) < 4.78 is 1.08. The summed E-state index contributed by atoms with van der Waals surface area (Å²) >= 11 is 7.57. The minimum Gasteiger partial charge on any atom is -0.478 e. The van der Waals surface area contributed by atoms with E-state index in [2.05, 4.69) is 0 Å². The van der Waals surface area contributed by atoms with Gasteiger partial charge in [-0.3, -0.25) is 0 Å². The van der Waals surface area contributed by atoms with Gasteiger partial charge < -0.3 is 5.11 Å². The van der Waals surface area contributed by atoms with Gasteiger partial charge in [0, 0.05) is 26.2 Å². The second-order valence-electron chi connectivity index (χ2n) is 4.56. The van der Waals surface area contributed by atoms with Gasteiger partial charge in [0.1, 0.15) is 0 Å². The van der Waals surface area contributed by atoms with Crippen molar-refractivity contribution >= 4 is 44.6 Å². The third-order valence-electron chi connectivity index (χ3n) is 3.10. The number of carboxylic acids is 1. The predicted molar refractivity (Wildman–Crippen MR) is 88.0 cm³/mol. The normalized spacial score (nSPS) is 11.8. The van der Waals surface area contributed by atoms with E-state index in [9.17, 15) is 4.79 Å². The fraction of sp³-hybridized carbons (Fsp3) is 0. The molecule has 21 heavy (non-hydrogen) atoms. The molecule has 0 fully saturated rings. The van der Waals surface area contributed by atoms with Crippen molar-refractivity contribution in [3.63, 3.8) is 0 Å². The highest BCUT2D eigenvalue weighted by Gasteiger charge is 2.11. The fourth-order valence-corrected chi connectivity index (χ4v) is 3.45. The van der Waals surface area contributed by atoms with Gasteiger partial charge in [0.25, 0.3) is 0 Å². The maximum Gasteiger partial charge on any atom is 0.328 e. The Kier molecular flexibility index (Phi) is 3.78. The molecule has 0 atom stereocenters. The Morgan fingerprint density at radius 1 is 1.10 bits per heavy atom. The van der Waals surface area contributed by atoms with Gasteiger partial charge >= 0.3 is 5.97 Å². The van der Waals surface area contributed by atoms with Gasteiger partial charge in [-0.25, -0.2) is 4.79 Å². The second-order valence-corrected chi connectivity index (χ2v) is 6.08. The van der Waals surface area contributed by atoms with Crippen LogP contribution in [0.4, 0.5) is 0 Å².